The number of aliphatic hydroxyl groups excluding tert-OH is 1. The van der Waals surface area contributed by atoms with Crippen molar-refractivity contribution >= 4 is 40.6 Å². The molecule has 29 heavy (non-hydrogen) atoms. The van der Waals surface area contributed by atoms with Crippen molar-refractivity contribution in [1.29, 1.82) is 5.41 Å². The number of guanidine groups is 1. The summed E-state index contributed by atoms with van der Waals surface area (Å²) in [6.45, 7) is 9.04. The van der Waals surface area contributed by atoms with Gasteiger partial charge in [0.2, 0.25) is 5.96 Å². The van der Waals surface area contributed by atoms with Crippen molar-refractivity contribution < 1.29 is 10.2 Å². The Morgan fingerprint density at radius 3 is 2.41 bits per heavy atom. The quantitative estimate of drug-likeness (QED) is 0.127. The molecule has 0 aromatic heterocycles. The van der Waals surface area contributed by atoms with Gasteiger partial charge in [0.15, 0.2) is 0 Å². The van der Waals surface area contributed by atoms with Crippen LogP contribution < -0.4 is 10.9 Å². The smallest absolute Gasteiger partial charge is 0.230 e. The van der Waals surface area contributed by atoms with E-state index in [0.717, 1.165) is 0 Å². The molecule has 0 saturated heterocycles. The van der Waals surface area contributed by atoms with Crippen molar-refractivity contribution in [2.45, 2.75) is 33.6 Å². The lowest BCUT2D eigenvalue weighted by Gasteiger charge is -2.10. The summed E-state index contributed by atoms with van der Waals surface area (Å²) in [6.07, 6.45) is 3.84. The Morgan fingerprint density at radius 1 is 1.24 bits per heavy atom. The molecule has 7 nitrogen and oxygen atoms in total. The molecule has 0 unspecified atom stereocenters. The van der Waals surface area contributed by atoms with Crippen LogP contribution in [0.25, 0.3) is 0 Å². The molecule has 1 aromatic carbocycles. The monoisotopic (exact) mass is 437 g/mol. The number of hydrogen-bond acceptors (Lipinski definition) is 5. The van der Waals surface area contributed by atoms with Crippen molar-refractivity contribution in [1.82, 2.24) is 10.9 Å². The molecule has 0 spiro atoms. The molecular weight excluding hydrogens is 413 g/mol. The Morgan fingerprint density at radius 2 is 1.90 bits per heavy atom. The van der Waals surface area contributed by atoms with Crippen LogP contribution >= 0.6 is 23.2 Å². The number of aliphatic hydroxyl groups is 1. The molecule has 5 N–H and O–H groups in total. The number of phenolic OH excluding ortho intramolecular Hbond substituents is 1. The van der Waals surface area contributed by atoms with E-state index in [-0.39, 0.29) is 17.5 Å². The summed E-state index contributed by atoms with van der Waals surface area (Å²) in [6, 6.07) is 4.73. The molecule has 1 rings (SSSR count). The van der Waals surface area contributed by atoms with Crippen LogP contribution in [0.2, 0.25) is 5.02 Å². The summed E-state index contributed by atoms with van der Waals surface area (Å²) in [5.41, 5.74) is 7.01. The summed E-state index contributed by atoms with van der Waals surface area (Å²) in [5.74, 6) is -0.259. The zero-order valence-electron chi connectivity index (χ0n) is 16.6. The Kier molecular flexibility index (Phi) is 9.99. The van der Waals surface area contributed by atoms with E-state index in [1.165, 1.54) is 18.2 Å². The summed E-state index contributed by atoms with van der Waals surface area (Å²) in [5, 5.41) is 37.2. The number of aromatic hydroxyl groups is 1. The molecule has 0 saturated carbocycles. The van der Waals surface area contributed by atoms with Crippen molar-refractivity contribution in [3.63, 3.8) is 0 Å². The minimum absolute atomic E-state index is 0.00422. The minimum Gasteiger partial charge on any atom is -0.507 e. The van der Waals surface area contributed by atoms with Crippen LogP contribution in [-0.2, 0) is 0 Å². The van der Waals surface area contributed by atoms with Gasteiger partial charge in [-0.3, -0.25) is 5.41 Å². The third kappa shape index (κ3) is 7.63. The zero-order chi connectivity index (χ0) is 22.0. The van der Waals surface area contributed by atoms with E-state index in [2.05, 4.69) is 27.6 Å². The minimum atomic E-state index is -0.192. The molecule has 1 aromatic rings. The number of benzene rings is 1. The number of hydrazone groups is 2. The fourth-order valence-corrected chi connectivity index (χ4v) is 2.59. The van der Waals surface area contributed by atoms with Crippen molar-refractivity contribution in [3.05, 3.63) is 63.9 Å². The van der Waals surface area contributed by atoms with Crippen LogP contribution in [0.5, 0.6) is 5.75 Å². The standard InChI is InChI=1S/C20H25Cl2N5O2/c1-5-14(18(28)10-12(4)21)16(6-2)24-26-20(23)27-25-17(7-3)15-9-8-13(22)11-19(15)29/h5,8-11,28-29H,1,6-7H2,2-4H3,(H3,23,26,27)/b12-10+,18-14-,24-16+,25-17+. The van der Waals surface area contributed by atoms with Gasteiger partial charge in [0.05, 0.1) is 11.4 Å². The van der Waals surface area contributed by atoms with Crippen LogP contribution in [0.3, 0.4) is 0 Å². The first-order chi connectivity index (χ1) is 13.7. The molecule has 0 radical (unpaired) electrons. The summed E-state index contributed by atoms with van der Waals surface area (Å²) in [4.78, 5) is 0. The van der Waals surface area contributed by atoms with Crippen LogP contribution in [0.15, 0.2) is 63.5 Å². The van der Waals surface area contributed by atoms with Gasteiger partial charge < -0.3 is 10.2 Å². The van der Waals surface area contributed by atoms with Gasteiger partial charge in [0.1, 0.15) is 11.5 Å². The number of halogens is 2. The number of rotatable bonds is 8. The largest absolute Gasteiger partial charge is 0.507 e. The highest BCUT2D eigenvalue weighted by molar-refractivity contribution is 6.31. The van der Waals surface area contributed by atoms with Crippen LogP contribution in [-0.4, -0.2) is 27.6 Å². The molecule has 0 aliphatic heterocycles. The Hall–Kier alpha value is -2.77. The van der Waals surface area contributed by atoms with Crippen LogP contribution in [0, 0.1) is 5.41 Å². The molecule has 0 aliphatic carbocycles. The lowest BCUT2D eigenvalue weighted by Crippen LogP contribution is -2.31. The first kappa shape index (κ1) is 24.3. The highest BCUT2D eigenvalue weighted by Gasteiger charge is 2.10. The second kappa shape index (κ2) is 11.9. The SMILES string of the molecule is C=CC(=C(O)\C=C(/C)Cl)/C(CC)=N/NC(=N)N/N=C(\CC)c1ccc(Cl)cc1O. The van der Waals surface area contributed by atoms with E-state index in [9.17, 15) is 10.2 Å². The Labute approximate surface area is 180 Å². The second-order valence-corrected chi connectivity index (χ2v) is 6.85. The fourth-order valence-electron chi connectivity index (χ4n) is 2.32. The maximum atomic E-state index is 10.1. The second-order valence-electron chi connectivity index (χ2n) is 5.82. The third-order valence-electron chi connectivity index (χ3n) is 3.67. The average Bonchev–Trinajstić information content (AvgIpc) is 2.66. The molecule has 0 heterocycles. The van der Waals surface area contributed by atoms with E-state index in [1.807, 2.05) is 13.8 Å². The van der Waals surface area contributed by atoms with Gasteiger partial charge in [-0.1, -0.05) is 49.7 Å². The number of allylic oxidation sites excluding steroid dienone is 4. The van der Waals surface area contributed by atoms with E-state index in [0.29, 0.717) is 45.5 Å². The molecule has 9 heteroatoms. The first-order valence-electron chi connectivity index (χ1n) is 8.85. The lowest BCUT2D eigenvalue weighted by atomic mass is 10.1. The molecule has 0 fully saturated rings. The average molecular weight is 438 g/mol. The maximum absolute atomic E-state index is 10.1. The van der Waals surface area contributed by atoms with E-state index in [1.54, 1.807) is 19.1 Å². The van der Waals surface area contributed by atoms with Crippen LogP contribution in [0.1, 0.15) is 39.2 Å². The van der Waals surface area contributed by atoms with Crippen LogP contribution in [0.4, 0.5) is 0 Å². The van der Waals surface area contributed by atoms with Crippen molar-refractivity contribution in [2.75, 3.05) is 0 Å². The van der Waals surface area contributed by atoms with Gasteiger partial charge in [0.25, 0.3) is 0 Å². The summed E-state index contributed by atoms with van der Waals surface area (Å²) >= 11 is 11.6. The van der Waals surface area contributed by atoms with Crippen molar-refractivity contribution in [3.8, 4) is 5.75 Å². The van der Waals surface area contributed by atoms with Gasteiger partial charge >= 0.3 is 0 Å². The van der Waals surface area contributed by atoms with Gasteiger partial charge in [-0.25, -0.2) is 10.9 Å². The van der Waals surface area contributed by atoms with Crippen molar-refractivity contribution in [2.24, 2.45) is 10.2 Å². The molecule has 0 amide bonds. The highest BCUT2D eigenvalue weighted by Crippen LogP contribution is 2.23. The van der Waals surface area contributed by atoms with E-state index < -0.39 is 0 Å². The third-order valence-corrected chi connectivity index (χ3v) is 4.02. The predicted molar refractivity (Wildman–Crippen MR) is 121 cm³/mol. The molecule has 0 atom stereocenters. The number of hydrogen-bond donors (Lipinski definition) is 5. The van der Waals surface area contributed by atoms with Gasteiger partial charge in [-0.05, 0) is 44.0 Å². The maximum Gasteiger partial charge on any atom is 0.230 e. The van der Waals surface area contributed by atoms with E-state index >= 15 is 0 Å². The summed E-state index contributed by atoms with van der Waals surface area (Å²) in [7, 11) is 0. The molecule has 156 valence electrons. The van der Waals surface area contributed by atoms with Gasteiger partial charge in [-0.15, -0.1) is 0 Å². The Balaban J connectivity index is 2.97. The normalized spacial score (nSPS) is 13.6. The number of phenols is 1. The van der Waals surface area contributed by atoms with Gasteiger partial charge in [-0.2, -0.15) is 10.2 Å². The number of nitrogens with zero attached hydrogens (tertiary/aromatic N) is 2. The molecular formula is C20H25Cl2N5O2. The molecule has 0 bridgehead atoms. The Bertz CT molecular complexity index is 885. The van der Waals surface area contributed by atoms with E-state index in [4.69, 9.17) is 28.6 Å². The number of nitrogens with one attached hydrogen (secondary N) is 3. The zero-order valence-corrected chi connectivity index (χ0v) is 18.1. The molecule has 0 aliphatic rings. The van der Waals surface area contributed by atoms with Gasteiger partial charge in [0, 0.05) is 21.2 Å². The topological polar surface area (TPSA) is 113 Å². The lowest BCUT2D eigenvalue weighted by molar-refractivity contribution is 0.429. The fraction of sp³-hybridized carbons (Fsp3) is 0.250. The first-order valence-corrected chi connectivity index (χ1v) is 9.61. The highest BCUT2D eigenvalue weighted by atomic mass is 35.5. The summed E-state index contributed by atoms with van der Waals surface area (Å²) < 4.78 is 0. The predicted octanol–water partition coefficient (Wildman–Crippen LogP) is 5.18.